The number of phenolic OH excluding ortho intramolecular Hbond substituents is 1. The molecule has 1 heteroatoms. The molecular weight excluding hydrogens is 280 g/mol. The fourth-order valence-corrected chi connectivity index (χ4v) is 3.07. The summed E-state index contributed by atoms with van der Waals surface area (Å²) >= 11 is 0. The van der Waals surface area contributed by atoms with Crippen LogP contribution in [0.3, 0.4) is 0 Å². The Labute approximate surface area is 135 Å². The van der Waals surface area contributed by atoms with E-state index in [1.807, 2.05) is 72.8 Å². The fourth-order valence-electron chi connectivity index (χ4n) is 3.07. The van der Waals surface area contributed by atoms with Crippen LogP contribution in [-0.4, -0.2) is 5.11 Å². The van der Waals surface area contributed by atoms with Gasteiger partial charge in [0, 0.05) is 11.1 Å². The molecule has 0 aliphatic rings. The maximum atomic E-state index is 11.0. The molecule has 0 aliphatic heterocycles. The molecule has 0 unspecified atom stereocenters. The lowest BCUT2D eigenvalue weighted by molar-refractivity contribution is 0.480. The van der Waals surface area contributed by atoms with Crippen LogP contribution >= 0.6 is 0 Å². The molecule has 0 atom stereocenters. The molecule has 0 aliphatic carbocycles. The molecule has 0 aromatic heterocycles. The Kier molecular flexibility index (Phi) is 3.32. The highest BCUT2D eigenvalue weighted by Gasteiger charge is 2.15. The summed E-state index contributed by atoms with van der Waals surface area (Å²) in [5, 5.41) is 13.2. The lowest BCUT2D eigenvalue weighted by Gasteiger charge is -2.14. The van der Waals surface area contributed by atoms with Crippen molar-refractivity contribution < 1.29 is 5.11 Å². The molecule has 4 rings (SSSR count). The zero-order chi connectivity index (χ0) is 15.6. The van der Waals surface area contributed by atoms with Crippen LogP contribution in [0, 0.1) is 0 Å². The summed E-state index contributed by atoms with van der Waals surface area (Å²) in [6, 6.07) is 30.3. The van der Waals surface area contributed by atoms with Crippen molar-refractivity contribution >= 4 is 10.8 Å². The highest BCUT2D eigenvalue weighted by molar-refractivity contribution is 6.04. The molecule has 110 valence electrons. The molecule has 4 aromatic carbocycles. The summed E-state index contributed by atoms with van der Waals surface area (Å²) in [7, 11) is 0. The number of aromatic hydroxyl groups is 1. The highest BCUT2D eigenvalue weighted by Crippen LogP contribution is 2.43. The topological polar surface area (TPSA) is 20.2 Å². The second kappa shape index (κ2) is 5.62. The van der Waals surface area contributed by atoms with E-state index in [2.05, 4.69) is 18.2 Å². The Morgan fingerprint density at radius 1 is 0.565 bits per heavy atom. The molecule has 1 N–H and O–H groups in total. The minimum atomic E-state index is 0.334. The van der Waals surface area contributed by atoms with Gasteiger partial charge in [0.15, 0.2) is 0 Å². The van der Waals surface area contributed by atoms with Gasteiger partial charge in [0.25, 0.3) is 0 Å². The lowest BCUT2D eigenvalue weighted by atomic mass is 9.91. The van der Waals surface area contributed by atoms with Crippen LogP contribution in [0.4, 0.5) is 0 Å². The van der Waals surface area contributed by atoms with Crippen LogP contribution in [0.5, 0.6) is 5.75 Å². The monoisotopic (exact) mass is 296 g/mol. The SMILES string of the molecule is Oc1c(-c2ccccc2)cc2ccccc2c1-c1ccccc1. The molecule has 0 amide bonds. The van der Waals surface area contributed by atoms with Crippen LogP contribution in [0.15, 0.2) is 91.0 Å². The molecule has 23 heavy (non-hydrogen) atoms. The fraction of sp³-hybridized carbons (Fsp3) is 0. The van der Waals surface area contributed by atoms with Crippen molar-refractivity contribution in [2.45, 2.75) is 0 Å². The van der Waals surface area contributed by atoms with E-state index in [0.29, 0.717) is 5.75 Å². The molecule has 1 nitrogen and oxygen atoms in total. The van der Waals surface area contributed by atoms with Crippen LogP contribution in [-0.2, 0) is 0 Å². The van der Waals surface area contributed by atoms with E-state index in [1.165, 1.54) is 0 Å². The van der Waals surface area contributed by atoms with Crippen molar-refractivity contribution in [1.29, 1.82) is 0 Å². The van der Waals surface area contributed by atoms with Gasteiger partial charge in [-0.3, -0.25) is 0 Å². The standard InChI is InChI=1S/C22H16O/c23-22-20(16-9-3-1-4-10-16)15-18-13-7-8-14-19(18)21(22)17-11-5-2-6-12-17/h1-15,23H. The van der Waals surface area contributed by atoms with Crippen LogP contribution in [0.1, 0.15) is 0 Å². The Morgan fingerprint density at radius 2 is 1.13 bits per heavy atom. The van der Waals surface area contributed by atoms with Crippen molar-refractivity contribution in [2.24, 2.45) is 0 Å². The molecule has 4 aromatic rings. The molecule has 0 bridgehead atoms. The number of hydrogen-bond acceptors (Lipinski definition) is 1. The minimum Gasteiger partial charge on any atom is -0.507 e. The van der Waals surface area contributed by atoms with E-state index in [9.17, 15) is 5.11 Å². The maximum Gasteiger partial charge on any atom is 0.131 e. The van der Waals surface area contributed by atoms with Crippen molar-refractivity contribution in [3.8, 4) is 28.0 Å². The highest BCUT2D eigenvalue weighted by atomic mass is 16.3. The Morgan fingerprint density at radius 3 is 1.83 bits per heavy atom. The number of hydrogen-bond donors (Lipinski definition) is 1. The van der Waals surface area contributed by atoms with Crippen molar-refractivity contribution in [3.05, 3.63) is 91.0 Å². The molecular formula is C22H16O. The van der Waals surface area contributed by atoms with Gasteiger partial charge in [-0.1, -0.05) is 84.9 Å². The predicted molar refractivity (Wildman–Crippen MR) is 96.5 cm³/mol. The molecule has 0 saturated heterocycles. The Balaban J connectivity index is 2.10. The van der Waals surface area contributed by atoms with Gasteiger partial charge in [0.1, 0.15) is 5.75 Å². The van der Waals surface area contributed by atoms with Crippen molar-refractivity contribution in [1.82, 2.24) is 0 Å². The Bertz CT molecular complexity index is 957. The van der Waals surface area contributed by atoms with Gasteiger partial charge < -0.3 is 5.11 Å². The average Bonchev–Trinajstić information content (AvgIpc) is 2.63. The first-order chi connectivity index (χ1) is 11.3. The zero-order valence-corrected chi connectivity index (χ0v) is 12.6. The van der Waals surface area contributed by atoms with E-state index < -0.39 is 0 Å². The number of fused-ring (bicyclic) bond motifs is 1. The lowest BCUT2D eigenvalue weighted by Crippen LogP contribution is -1.87. The number of benzene rings is 4. The van der Waals surface area contributed by atoms with E-state index >= 15 is 0 Å². The predicted octanol–water partition coefficient (Wildman–Crippen LogP) is 5.88. The average molecular weight is 296 g/mol. The quantitative estimate of drug-likeness (QED) is 0.490. The first kappa shape index (κ1) is 13.6. The van der Waals surface area contributed by atoms with E-state index in [0.717, 1.165) is 33.0 Å². The molecule has 0 fully saturated rings. The van der Waals surface area contributed by atoms with Gasteiger partial charge in [0.2, 0.25) is 0 Å². The maximum absolute atomic E-state index is 11.0. The van der Waals surface area contributed by atoms with Crippen LogP contribution in [0.2, 0.25) is 0 Å². The van der Waals surface area contributed by atoms with Gasteiger partial charge in [-0.25, -0.2) is 0 Å². The van der Waals surface area contributed by atoms with Crippen molar-refractivity contribution in [3.63, 3.8) is 0 Å². The van der Waals surface area contributed by atoms with Crippen molar-refractivity contribution in [2.75, 3.05) is 0 Å². The smallest absolute Gasteiger partial charge is 0.131 e. The molecule has 0 saturated carbocycles. The van der Waals surface area contributed by atoms with Crippen LogP contribution in [0.25, 0.3) is 33.0 Å². The second-order valence-electron chi connectivity index (χ2n) is 5.60. The molecule has 0 heterocycles. The summed E-state index contributed by atoms with van der Waals surface area (Å²) in [6.07, 6.45) is 0. The van der Waals surface area contributed by atoms with Gasteiger partial charge in [-0.05, 0) is 28.0 Å². The van der Waals surface area contributed by atoms with Gasteiger partial charge in [-0.15, -0.1) is 0 Å². The molecule has 0 radical (unpaired) electrons. The summed E-state index contributed by atoms with van der Waals surface area (Å²) in [5.74, 6) is 0.334. The third kappa shape index (κ3) is 2.36. The normalized spacial score (nSPS) is 10.8. The first-order valence-corrected chi connectivity index (χ1v) is 7.70. The Hall–Kier alpha value is -3.06. The van der Waals surface area contributed by atoms with E-state index in [-0.39, 0.29) is 0 Å². The van der Waals surface area contributed by atoms with E-state index in [4.69, 9.17) is 0 Å². The number of rotatable bonds is 2. The summed E-state index contributed by atoms with van der Waals surface area (Å²) in [4.78, 5) is 0. The summed E-state index contributed by atoms with van der Waals surface area (Å²) < 4.78 is 0. The zero-order valence-electron chi connectivity index (χ0n) is 12.6. The molecule has 0 spiro atoms. The summed E-state index contributed by atoms with van der Waals surface area (Å²) in [6.45, 7) is 0. The summed E-state index contributed by atoms with van der Waals surface area (Å²) in [5.41, 5.74) is 3.80. The van der Waals surface area contributed by atoms with Gasteiger partial charge >= 0.3 is 0 Å². The third-order valence-electron chi connectivity index (χ3n) is 4.17. The van der Waals surface area contributed by atoms with Gasteiger partial charge in [0.05, 0.1) is 0 Å². The minimum absolute atomic E-state index is 0.334. The van der Waals surface area contributed by atoms with Gasteiger partial charge in [-0.2, -0.15) is 0 Å². The first-order valence-electron chi connectivity index (χ1n) is 7.70. The largest absolute Gasteiger partial charge is 0.507 e. The second-order valence-corrected chi connectivity index (χ2v) is 5.60. The number of phenols is 1. The van der Waals surface area contributed by atoms with E-state index in [1.54, 1.807) is 0 Å². The third-order valence-corrected chi connectivity index (χ3v) is 4.17. The van der Waals surface area contributed by atoms with Crippen LogP contribution < -0.4 is 0 Å².